The van der Waals surface area contributed by atoms with E-state index in [1.54, 1.807) is 24.3 Å². The molecule has 0 fully saturated rings. The van der Waals surface area contributed by atoms with E-state index in [0.29, 0.717) is 17.1 Å². The Hall–Kier alpha value is -3.55. The minimum atomic E-state index is -4.67. The van der Waals surface area contributed by atoms with Crippen molar-refractivity contribution in [2.75, 3.05) is 0 Å². The van der Waals surface area contributed by atoms with Crippen LogP contribution in [0.3, 0.4) is 0 Å². The number of alkyl halides is 3. The van der Waals surface area contributed by atoms with E-state index in [0.717, 1.165) is 6.54 Å². The van der Waals surface area contributed by atoms with Crippen molar-refractivity contribution in [3.8, 4) is 22.9 Å². The van der Waals surface area contributed by atoms with Crippen LogP contribution in [-0.2, 0) is 12.7 Å². The molecular formula is C20H14F3N3O2. The molecule has 0 atom stereocenters. The Bertz CT molecular complexity index is 1050. The lowest BCUT2D eigenvalue weighted by Crippen LogP contribution is -2.04. The Labute approximate surface area is 158 Å². The number of benzene rings is 2. The second kappa shape index (κ2) is 7.22. The maximum absolute atomic E-state index is 12.5. The fourth-order valence-electron chi connectivity index (χ4n) is 2.64. The van der Waals surface area contributed by atoms with Crippen LogP contribution in [0.1, 0.15) is 11.5 Å². The molecule has 0 amide bonds. The largest absolute Gasteiger partial charge is 0.471 e. The van der Waals surface area contributed by atoms with Crippen LogP contribution in [0.4, 0.5) is 13.2 Å². The number of nitrogens with zero attached hydrogens (tertiary/aromatic N) is 3. The number of halogens is 3. The van der Waals surface area contributed by atoms with E-state index < -0.39 is 12.1 Å². The smallest absolute Gasteiger partial charge is 0.456 e. The van der Waals surface area contributed by atoms with Crippen LogP contribution >= 0.6 is 0 Å². The minimum Gasteiger partial charge on any atom is -0.456 e. The molecule has 28 heavy (non-hydrogen) atoms. The number of ether oxygens (including phenoxy) is 1. The van der Waals surface area contributed by atoms with Gasteiger partial charge in [0.2, 0.25) is 5.82 Å². The van der Waals surface area contributed by atoms with Gasteiger partial charge < -0.3 is 13.8 Å². The summed E-state index contributed by atoms with van der Waals surface area (Å²) in [7, 11) is 0. The number of hydrogen-bond donors (Lipinski definition) is 0. The second-order valence-electron chi connectivity index (χ2n) is 6.05. The van der Waals surface area contributed by atoms with E-state index in [1.807, 2.05) is 53.4 Å². The summed E-state index contributed by atoms with van der Waals surface area (Å²) < 4.78 is 49.7. The van der Waals surface area contributed by atoms with E-state index in [-0.39, 0.29) is 5.82 Å². The molecule has 0 aliphatic heterocycles. The molecule has 0 bridgehead atoms. The lowest BCUT2D eigenvalue weighted by Gasteiger charge is -2.04. The van der Waals surface area contributed by atoms with Gasteiger partial charge in [-0.2, -0.15) is 18.2 Å². The van der Waals surface area contributed by atoms with E-state index >= 15 is 0 Å². The third kappa shape index (κ3) is 4.06. The van der Waals surface area contributed by atoms with Gasteiger partial charge in [-0.25, -0.2) is 0 Å². The molecular weight excluding hydrogens is 371 g/mol. The van der Waals surface area contributed by atoms with Crippen LogP contribution in [-0.4, -0.2) is 14.7 Å². The van der Waals surface area contributed by atoms with Gasteiger partial charge in [0, 0.05) is 24.5 Å². The number of aromatic nitrogens is 3. The summed E-state index contributed by atoms with van der Waals surface area (Å²) in [4.78, 5) is 3.36. The molecule has 5 nitrogen and oxygen atoms in total. The van der Waals surface area contributed by atoms with Gasteiger partial charge in [0.1, 0.15) is 11.5 Å². The molecule has 0 saturated carbocycles. The maximum Gasteiger partial charge on any atom is 0.471 e. The highest BCUT2D eigenvalue weighted by Crippen LogP contribution is 2.30. The summed E-state index contributed by atoms with van der Waals surface area (Å²) in [6.45, 7) is 0.725. The average Bonchev–Trinajstić information content (AvgIpc) is 3.33. The normalized spacial score (nSPS) is 11.5. The molecule has 0 radical (unpaired) electrons. The first kappa shape index (κ1) is 17.8. The van der Waals surface area contributed by atoms with Crippen molar-refractivity contribution < 1.29 is 22.4 Å². The molecule has 0 spiro atoms. The standard InChI is InChI=1S/C20H14F3N3O2/c21-20(22,23)19-24-18(25-28-19)15-6-8-16(9-7-15)27-17-10-11-26(13-17)12-14-4-2-1-3-5-14/h1-11,13H,12H2. The predicted molar refractivity (Wildman–Crippen MR) is 94.8 cm³/mol. The first-order valence-corrected chi connectivity index (χ1v) is 8.36. The monoisotopic (exact) mass is 385 g/mol. The highest BCUT2D eigenvalue weighted by atomic mass is 19.4. The van der Waals surface area contributed by atoms with Gasteiger partial charge in [-0.05, 0) is 35.9 Å². The zero-order valence-corrected chi connectivity index (χ0v) is 14.4. The van der Waals surface area contributed by atoms with Crippen LogP contribution in [0, 0.1) is 0 Å². The van der Waals surface area contributed by atoms with E-state index in [4.69, 9.17) is 4.74 Å². The van der Waals surface area contributed by atoms with Gasteiger partial charge >= 0.3 is 12.1 Å². The van der Waals surface area contributed by atoms with E-state index in [2.05, 4.69) is 14.7 Å². The van der Waals surface area contributed by atoms with E-state index in [1.165, 1.54) is 5.56 Å². The van der Waals surface area contributed by atoms with Crippen molar-refractivity contribution in [2.45, 2.75) is 12.7 Å². The van der Waals surface area contributed by atoms with Crippen LogP contribution in [0.25, 0.3) is 11.4 Å². The van der Waals surface area contributed by atoms with E-state index in [9.17, 15) is 13.2 Å². The molecule has 4 rings (SSSR count). The van der Waals surface area contributed by atoms with Crippen LogP contribution in [0.15, 0.2) is 77.6 Å². The molecule has 142 valence electrons. The Kier molecular flexibility index (Phi) is 4.60. The van der Waals surface area contributed by atoms with Gasteiger partial charge in [-0.3, -0.25) is 0 Å². The van der Waals surface area contributed by atoms with Gasteiger partial charge in [-0.1, -0.05) is 35.5 Å². The number of rotatable bonds is 5. The maximum atomic E-state index is 12.5. The second-order valence-corrected chi connectivity index (χ2v) is 6.05. The first-order valence-electron chi connectivity index (χ1n) is 8.36. The zero-order chi connectivity index (χ0) is 19.6. The third-order valence-electron chi connectivity index (χ3n) is 3.95. The highest BCUT2D eigenvalue weighted by Gasteiger charge is 2.38. The zero-order valence-electron chi connectivity index (χ0n) is 14.4. The summed E-state index contributed by atoms with van der Waals surface area (Å²) in [6.07, 6.45) is -0.883. The predicted octanol–water partition coefficient (Wildman–Crippen LogP) is 5.40. The molecule has 2 heterocycles. The summed E-state index contributed by atoms with van der Waals surface area (Å²) in [5.74, 6) is -0.307. The van der Waals surface area contributed by atoms with Crippen LogP contribution < -0.4 is 4.74 Å². The SMILES string of the molecule is FC(F)(F)c1nc(-c2ccc(Oc3ccn(Cc4ccccc4)c3)cc2)no1. The highest BCUT2D eigenvalue weighted by molar-refractivity contribution is 5.55. The Morgan fingerprint density at radius 2 is 1.68 bits per heavy atom. The Balaban J connectivity index is 1.43. The van der Waals surface area contributed by atoms with Crippen molar-refractivity contribution in [3.63, 3.8) is 0 Å². The van der Waals surface area contributed by atoms with Gasteiger partial charge in [0.15, 0.2) is 0 Å². The molecule has 8 heteroatoms. The molecule has 2 aromatic carbocycles. The average molecular weight is 385 g/mol. The quantitative estimate of drug-likeness (QED) is 0.462. The first-order chi connectivity index (χ1) is 13.5. The topological polar surface area (TPSA) is 53.1 Å². The molecule has 0 unspecified atom stereocenters. The van der Waals surface area contributed by atoms with Gasteiger partial charge in [-0.15, -0.1) is 0 Å². The van der Waals surface area contributed by atoms with Crippen LogP contribution in [0.5, 0.6) is 11.5 Å². The Morgan fingerprint density at radius 3 is 2.36 bits per heavy atom. The lowest BCUT2D eigenvalue weighted by molar-refractivity contribution is -0.159. The molecule has 2 aromatic heterocycles. The van der Waals surface area contributed by atoms with Gasteiger partial charge in [0.05, 0.1) is 0 Å². The van der Waals surface area contributed by atoms with Crippen molar-refractivity contribution in [3.05, 3.63) is 84.5 Å². The summed E-state index contributed by atoms with van der Waals surface area (Å²) in [5, 5.41) is 3.36. The summed E-state index contributed by atoms with van der Waals surface area (Å²) in [6, 6.07) is 18.3. The fourth-order valence-corrected chi connectivity index (χ4v) is 2.64. The minimum absolute atomic E-state index is 0.132. The summed E-state index contributed by atoms with van der Waals surface area (Å²) in [5.41, 5.74) is 1.57. The van der Waals surface area contributed by atoms with Crippen LogP contribution in [0.2, 0.25) is 0 Å². The van der Waals surface area contributed by atoms with Crippen molar-refractivity contribution in [1.82, 2.24) is 14.7 Å². The Morgan fingerprint density at radius 1 is 0.929 bits per heavy atom. The third-order valence-corrected chi connectivity index (χ3v) is 3.95. The van der Waals surface area contributed by atoms with Crippen molar-refractivity contribution >= 4 is 0 Å². The molecule has 0 saturated heterocycles. The molecule has 0 aliphatic rings. The van der Waals surface area contributed by atoms with Gasteiger partial charge in [0.25, 0.3) is 0 Å². The van der Waals surface area contributed by atoms with Crippen molar-refractivity contribution in [1.29, 1.82) is 0 Å². The molecule has 0 N–H and O–H groups in total. The molecule has 4 aromatic rings. The lowest BCUT2D eigenvalue weighted by atomic mass is 10.2. The fraction of sp³-hybridized carbons (Fsp3) is 0.100. The summed E-state index contributed by atoms with van der Waals surface area (Å²) >= 11 is 0. The number of hydrogen-bond acceptors (Lipinski definition) is 4. The molecule has 0 aliphatic carbocycles. The van der Waals surface area contributed by atoms with Crippen molar-refractivity contribution in [2.24, 2.45) is 0 Å².